The van der Waals surface area contributed by atoms with Crippen LogP contribution in [-0.4, -0.2) is 11.6 Å². The minimum Gasteiger partial charge on any atom is -0.294 e. The van der Waals surface area contributed by atoms with Crippen molar-refractivity contribution in [2.45, 2.75) is 26.9 Å². The number of benzene rings is 2. The van der Waals surface area contributed by atoms with E-state index in [1.54, 1.807) is 18.3 Å². The fourth-order valence-corrected chi connectivity index (χ4v) is 4.07. The number of aryl methyl sites for hydroxylation is 2. The van der Waals surface area contributed by atoms with E-state index in [4.69, 9.17) is 5.10 Å². The summed E-state index contributed by atoms with van der Waals surface area (Å²) in [5, 5.41) is 8.74. The van der Waals surface area contributed by atoms with Crippen molar-refractivity contribution in [3.05, 3.63) is 82.0 Å². The van der Waals surface area contributed by atoms with E-state index in [0.717, 1.165) is 16.3 Å². The van der Waals surface area contributed by atoms with Gasteiger partial charge in [-0.05, 0) is 60.7 Å². The molecule has 0 N–H and O–H groups in total. The van der Waals surface area contributed by atoms with Crippen molar-refractivity contribution in [1.82, 2.24) is 0 Å². The molecule has 1 unspecified atom stereocenters. The van der Waals surface area contributed by atoms with Crippen LogP contribution in [0.1, 0.15) is 29.1 Å². The lowest BCUT2D eigenvalue weighted by Gasteiger charge is -2.31. The highest BCUT2D eigenvalue weighted by molar-refractivity contribution is 7.10. The second-order valence-corrected chi connectivity index (χ2v) is 7.67. The van der Waals surface area contributed by atoms with E-state index in [1.807, 2.05) is 46.3 Å². The molecule has 0 amide bonds. The molecule has 4 rings (SSSR count). The standard InChI is InChI=1S/C22H21N3OS/c1-15-11-12-19(14-16(15)2)24-21(17(3)26)23-25(18-8-5-4-6-9-18)22(24)20-10-7-13-27-20/h4-14,22H,1-3H3. The zero-order valence-electron chi connectivity index (χ0n) is 15.6. The first-order valence-electron chi connectivity index (χ1n) is 8.90. The van der Waals surface area contributed by atoms with Crippen molar-refractivity contribution < 1.29 is 4.79 Å². The third kappa shape index (κ3) is 3.15. The summed E-state index contributed by atoms with van der Waals surface area (Å²) in [7, 11) is 0. The molecule has 1 aliphatic rings. The van der Waals surface area contributed by atoms with Gasteiger partial charge < -0.3 is 0 Å². The fourth-order valence-electron chi connectivity index (χ4n) is 3.27. The maximum Gasteiger partial charge on any atom is 0.198 e. The first-order valence-corrected chi connectivity index (χ1v) is 9.78. The summed E-state index contributed by atoms with van der Waals surface area (Å²) in [6, 6.07) is 20.4. The molecule has 0 bridgehead atoms. The number of nitrogens with zero attached hydrogens (tertiary/aromatic N) is 3. The van der Waals surface area contributed by atoms with Crippen molar-refractivity contribution in [2.24, 2.45) is 5.10 Å². The van der Waals surface area contributed by atoms with E-state index in [-0.39, 0.29) is 11.9 Å². The van der Waals surface area contributed by atoms with Crippen LogP contribution in [0, 0.1) is 13.8 Å². The molecule has 1 atom stereocenters. The summed E-state index contributed by atoms with van der Waals surface area (Å²) in [4.78, 5) is 15.7. The Balaban J connectivity index is 1.89. The molecule has 3 aromatic rings. The van der Waals surface area contributed by atoms with Crippen LogP contribution in [-0.2, 0) is 4.79 Å². The molecular formula is C22H21N3OS. The Kier molecular flexibility index (Phi) is 4.54. The maximum absolute atomic E-state index is 12.5. The van der Waals surface area contributed by atoms with Gasteiger partial charge in [-0.25, -0.2) is 5.01 Å². The van der Waals surface area contributed by atoms with E-state index in [1.165, 1.54) is 11.1 Å². The summed E-state index contributed by atoms with van der Waals surface area (Å²) in [6.45, 7) is 5.76. The van der Waals surface area contributed by atoms with E-state index < -0.39 is 0 Å². The number of carbonyl (C=O) groups excluding carboxylic acids is 1. The molecule has 1 aliphatic heterocycles. The predicted molar refractivity (Wildman–Crippen MR) is 112 cm³/mol. The van der Waals surface area contributed by atoms with E-state index in [0.29, 0.717) is 5.84 Å². The van der Waals surface area contributed by atoms with Crippen molar-refractivity contribution in [3.8, 4) is 0 Å². The number of carbonyl (C=O) groups is 1. The number of hydrogen-bond donors (Lipinski definition) is 0. The lowest BCUT2D eigenvalue weighted by Crippen LogP contribution is -2.37. The Labute approximate surface area is 163 Å². The molecule has 5 heteroatoms. The smallest absolute Gasteiger partial charge is 0.198 e. The molecule has 136 valence electrons. The topological polar surface area (TPSA) is 35.9 Å². The van der Waals surface area contributed by atoms with E-state index >= 15 is 0 Å². The van der Waals surface area contributed by atoms with E-state index in [2.05, 4.69) is 43.5 Å². The molecule has 0 spiro atoms. The van der Waals surface area contributed by atoms with Crippen molar-refractivity contribution in [3.63, 3.8) is 0 Å². The molecule has 2 aromatic carbocycles. The van der Waals surface area contributed by atoms with Crippen molar-refractivity contribution in [2.75, 3.05) is 9.91 Å². The van der Waals surface area contributed by atoms with Gasteiger partial charge in [0.2, 0.25) is 0 Å². The minimum absolute atomic E-state index is 0.0479. The molecule has 1 aromatic heterocycles. The summed E-state index contributed by atoms with van der Waals surface area (Å²) in [5.74, 6) is 0.411. The van der Waals surface area contributed by atoms with Gasteiger partial charge in [-0.3, -0.25) is 9.69 Å². The number of hydrogen-bond acceptors (Lipinski definition) is 5. The Morgan fingerprint density at radius 2 is 1.74 bits per heavy atom. The van der Waals surface area contributed by atoms with E-state index in [9.17, 15) is 4.79 Å². The number of ketones is 1. The molecule has 0 radical (unpaired) electrons. The fraction of sp³-hybridized carbons (Fsp3) is 0.182. The van der Waals surface area contributed by atoms with Gasteiger partial charge in [-0.1, -0.05) is 30.3 Å². The normalized spacial score (nSPS) is 16.6. The Hall–Kier alpha value is -2.92. The molecule has 0 fully saturated rings. The highest BCUT2D eigenvalue weighted by Gasteiger charge is 2.39. The average molecular weight is 375 g/mol. The number of hydrazone groups is 1. The minimum atomic E-state index is -0.187. The Morgan fingerprint density at radius 1 is 0.963 bits per heavy atom. The first kappa shape index (κ1) is 17.5. The second kappa shape index (κ2) is 7.00. The van der Waals surface area contributed by atoms with Gasteiger partial charge in [-0.2, -0.15) is 0 Å². The summed E-state index contributed by atoms with van der Waals surface area (Å²) < 4.78 is 0. The second-order valence-electron chi connectivity index (χ2n) is 6.69. The highest BCUT2D eigenvalue weighted by atomic mass is 32.1. The van der Waals surface area contributed by atoms with Crippen LogP contribution in [0.5, 0.6) is 0 Å². The Morgan fingerprint density at radius 3 is 2.37 bits per heavy atom. The molecule has 2 heterocycles. The van der Waals surface area contributed by atoms with Gasteiger partial charge in [0.05, 0.1) is 5.69 Å². The lowest BCUT2D eigenvalue weighted by molar-refractivity contribution is -0.111. The summed E-state index contributed by atoms with van der Waals surface area (Å²) in [6.07, 6.45) is -0.187. The number of amidine groups is 1. The number of para-hydroxylation sites is 1. The van der Waals surface area contributed by atoms with Crippen LogP contribution >= 0.6 is 11.3 Å². The monoisotopic (exact) mass is 375 g/mol. The molecular weight excluding hydrogens is 354 g/mol. The van der Waals surface area contributed by atoms with Gasteiger partial charge in [0.15, 0.2) is 17.8 Å². The van der Waals surface area contributed by atoms with Crippen LogP contribution in [0.15, 0.2) is 71.1 Å². The Bertz CT molecular complexity index is 996. The molecule has 0 aliphatic carbocycles. The zero-order chi connectivity index (χ0) is 19.0. The van der Waals surface area contributed by atoms with Crippen molar-refractivity contribution >= 4 is 34.3 Å². The SMILES string of the molecule is CC(=O)C1=NN(c2ccccc2)C(c2cccs2)N1c1ccc(C)c(C)c1. The van der Waals surface area contributed by atoms with Crippen LogP contribution in [0.2, 0.25) is 0 Å². The molecule has 27 heavy (non-hydrogen) atoms. The summed E-state index contributed by atoms with van der Waals surface area (Å²) >= 11 is 1.67. The molecule has 0 saturated heterocycles. The quantitative estimate of drug-likeness (QED) is 0.621. The summed E-state index contributed by atoms with van der Waals surface area (Å²) in [5.41, 5.74) is 4.36. The van der Waals surface area contributed by atoms with Gasteiger partial charge >= 0.3 is 0 Å². The van der Waals surface area contributed by atoms with Crippen LogP contribution < -0.4 is 9.91 Å². The highest BCUT2D eigenvalue weighted by Crippen LogP contribution is 2.40. The lowest BCUT2D eigenvalue weighted by atomic mass is 10.1. The number of anilines is 2. The molecule has 0 saturated carbocycles. The number of thiophene rings is 1. The van der Waals surface area contributed by atoms with Crippen molar-refractivity contribution in [1.29, 1.82) is 0 Å². The zero-order valence-corrected chi connectivity index (χ0v) is 16.4. The third-order valence-corrected chi connectivity index (χ3v) is 5.72. The van der Waals surface area contributed by atoms with Crippen LogP contribution in [0.3, 0.4) is 0 Å². The van der Waals surface area contributed by atoms with Gasteiger partial charge in [-0.15, -0.1) is 16.4 Å². The van der Waals surface area contributed by atoms with Crippen LogP contribution in [0.4, 0.5) is 11.4 Å². The van der Waals surface area contributed by atoms with Gasteiger partial charge in [0.25, 0.3) is 0 Å². The molecule has 4 nitrogen and oxygen atoms in total. The largest absolute Gasteiger partial charge is 0.294 e. The average Bonchev–Trinajstić information content (AvgIpc) is 3.32. The van der Waals surface area contributed by atoms with Gasteiger partial charge in [0, 0.05) is 17.5 Å². The third-order valence-electron chi connectivity index (χ3n) is 4.81. The van der Waals surface area contributed by atoms with Gasteiger partial charge in [0.1, 0.15) is 0 Å². The maximum atomic E-state index is 12.5. The number of rotatable bonds is 4. The number of Topliss-reactive ketones (excluding diaryl/α,β-unsaturated/α-hetero) is 1. The predicted octanol–water partition coefficient (Wildman–Crippen LogP) is 5.29. The van der Waals surface area contributed by atoms with Crippen LogP contribution in [0.25, 0.3) is 0 Å². The first-order chi connectivity index (χ1) is 13.1.